The Morgan fingerprint density at radius 2 is 1.94 bits per heavy atom. The molecule has 3 heteroatoms. The lowest BCUT2D eigenvalue weighted by Crippen LogP contribution is -2.44. The molecular formula is C14H26NOP. The van der Waals surface area contributed by atoms with Crippen LogP contribution in [0.1, 0.15) is 59.3 Å². The first-order valence-corrected chi connectivity index (χ1v) is 7.31. The lowest BCUT2D eigenvalue weighted by molar-refractivity contribution is -0.123. The number of amides is 1. The molecule has 17 heavy (non-hydrogen) atoms. The third-order valence-electron chi connectivity index (χ3n) is 3.61. The van der Waals surface area contributed by atoms with E-state index in [-0.39, 0.29) is 17.4 Å². The van der Waals surface area contributed by atoms with E-state index < -0.39 is 0 Å². The monoisotopic (exact) mass is 255 g/mol. The second kappa shape index (κ2) is 6.54. The minimum Gasteiger partial charge on any atom is -0.349 e. The molecule has 1 saturated carbocycles. The van der Waals surface area contributed by atoms with Gasteiger partial charge in [0.1, 0.15) is 0 Å². The maximum absolute atomic E-state index is 12.0. The molecule has 2 nitrogen and oxygen atoms in total. The molecule has 1 atom stereocenters. The highest BCUT2D eigenvalue weighted by Gasteiger charge is 2.25. The van der Waals surface area contributed by atoms with E-state index in [1.165, 1.54) is 32.1 Å². The first kappa shape index (κ1) is 14.7. The molecule has 0 aromatic heterocycles. The summed E-state index contributed by atoms with van der Waals surface area (Å²) in [5.41, 5.74) is 0.0595. The second-order valence-corrected chi connectivity index (χ2v) is 6.62. The molecular weight excluding hydrogens is 229 g/mol. The topological polar surface area (TPSA) is 29.1 Å². The quantitative estimate of drug-likeness (QED) is 0.766. The van der Waals surface area contributed by atoms with Crippen LogP contribution in [0, 0.1) is 11.3 Å². The third kappa shape index (κ3) is 5.21. The van der Waals surface area contributed by atoms with Crippen molar-refractivity contribution in [1.82, 2.24) is 5.32 Å². The average Bonchev–Trinajstić information content (AvgIpc) is 2.25. The normalized spacial score (nSPS) is 19.7. The van der Waals surface area contributed by atoms with Crippen LogP contribution in [0.5, 0.6) is 0 Å². The summed E-state index contributed by atoms with van der Waals surface area (Å²) < 4.78 is 0. The lowest BCUT2D eigenvalue weighted by atomic mass is 9.85. The molecule has 0 aliphatic heterocycles. The fourth-order valence-electron chi connectivity index (χ4n) is 2.39. The van der Waals surface area contributed by atoms with Crippen molar-refractivity contribution >= 4 is 20.6 Å². The second-order valence-electron chi connectivity index (χ2n) is 6.29. The summed E-state index contributed by atoms with van der Waals surface area (Å²) >= 11 is 0. The Hall–Kier alpha value is -0.360. The zero-order chi connectivity index (χ0) is 12.9. The largest absolute Gasteiger partial charge is 0.349 e. The number of carbonyl (C=O) groups is 1. The van der Waals surface area contributed by atoms with Gasteiger partial charge < -0.3 is 5.32 Å². The van der Waals surface area contributed by atoms with Crippen molar-refractivity contribution in [3.05, 3.63) is 0 Å². The van der Waals surface area contributed by atoms with E-state index in [0.717, 1.165) is 0 Å². The molecule has 98 valence electrons. The number of carbonyl (C=O) groups excluding carboxylic acids is 1. The van der Waals surface area contributed by atoms with Crippen molar-refractivity contribution < 1.29 is 4.79 Å². The van der Waals surface area contributed by atoms with Gasteiger partial charge in [-0.2, -0.15) is 0 Å². The zero-order valence-electron chi connectivity index (χ0n) is 11.4. The molecule has 1 unspecified atom stereocenters. The lowest BCUT2D eigenvalue weighted by Gasteiger charge is -2.29. The van der Waals surface area contributed by atoms with E-state index in [1.54, 1.807) is 0 Å². The molecule has 0 heterocycles. The first-order valence-electron chi connectivity index (χ1n) is 6.73. The Morgan fingerprint density at radius 3 is 2.41 bits per heavy atom. The molecule has 0 saturated heterocycles. The highest BCUT2D eigenvalue weighted by Crippen LogP contribution is 2.26. The van der Waals surface area contributed by atoms with Gasteiger partial charge in [-0.15, -0.1) is 8.86 Å². The molecule has 1 fully saturated rings. The standard InChI is InChI=1S/C14H26NOP/c1-14(2,3)12(10-17)15-13(16)9-11-7-5-4-6-8-11/h10-12,17H,4-9H2,1-3H3,(H,15,16). The maximum atomic E-state index is 12.0. The first-order chi connectivity index (χ1) is 7.93. The Labute approximate surface area is 108 Å². The Bertz CT molecular complexity index is 264. The van der Waals surface area contributed by atoms with Gasteiger partial charge in [0.05, 0.1) is 6.04 Å². The van der Waals surface area contributed by atoms with E-state index in [1.807, 2.05) is 5.80 Å². The summed E-state index contributed by atoms with van der Waals surface area (Å²) in [6.07, 6.45) is 7.09. The number of nitrogens with one attached hydrogen (secondary N) is 1. The smallest absolute Gasteiger partial charge is 0.220 e. The van der Waals surface area contributed by atoms with Crippen LogP contribution in [0.4, 0.5) is 0 Å². The summed E-state index contributed by atoms with van der Waals surface area (Å²) in [7, 11) is 3.42. The van der Waals surface area contributed by atoms with Gasteiger partial charge in [0, 0.05) is 6.42 Å². The molecule has 0 aromatic rings. The predicted molar refractivity (Wildman–Crippen MR) is 77.0 cm³/mol. The molecule has 1 amide bonds. The van der Waals surface area contributed by atoms with Crippen molar-refractivity contribution in [3.8, 4) is 0 Å². The summed E-state index contributed by atoms with van der Waals surface area (Å²) in [4.78, 5) is 12.0. The molecule has 1 N–H and O–H groups in total. The molecule has 1 aliphatic rings. The van der Waals surface area contributed by atoms with Crippen molar-refractivity contribution in [2.45, 2.75) is 65.3 Å². The molecule has 0 spiro atoms. The van der Waals surface area contributed by atoms with E-state index in [0.29, 0.717) is 12.3 Å². The molecule has 0 radical (unpaired) electrons. The number of hydrogen-bond acceptors (Lipinski definition) is 1. The van der Waals surface area contributed by atoms with Crippen molar-refractivity contribution in [1.29, 1.82) is 0 Å². The minimum absolute atomic E-state index is 0.0595. The van der Waals surface area contributed by atoms with Gasteiger partial charge in [0.2, 0.25) is 5.91 Å². The zero-order valence-corrected chi connectivity index (χ0v) is 12.4. The predicted octanol–water partition coefficient (Wildman–Crippen LogP) is 3.43. The van der Waals surface area contributed by atoms with Crippen LogP contribution >= 0.6 is 8.86 Å². The Morgan fingerprint density at radius 1 is 1.35 bits per heavy atom. The van der Waals surface area contributed by atoms with Crippen LogP contribution in [0.2, 0.25) is 0 Å². The fraction of sp³-hybridized carbons (Fsp3) is 0.857. The van der Waals surface area contributed by atoms with Crippen molar-refractivity contribution in [3.63, 3.8) is 0 Å². The number of hydrogen-bond donors (Lipinski definition) is 1. The Kier molecular flexibility index (Phi) is 5.66. The van der Waals surface area contributed by atoms with E-state index >= 15 is 0 Å². The molecule has 1 rings (SSSR count). The van der Waals surface area contributed by atoms with Gasteiger partial charge in [-0.25, -0.2) is 0 Å². The van der Waals surface area contributed by atoms with Crippen LogP contribution in [0.3, 0.4) is 0 Å². The average molecular weight is 255 g/mol. The van der Waals surface area contributed by atoms with Crippen molar-refractivity contribution in [2.24, 2.45) is 11.3 Å². The Balaban J connectivity index is 2.39. The van der Waals surface area contributed by atoms with Gasteiger partial charge in [0.25, 0.3) is 0 Å². The van der Waals surface area contributed by atoms with Crippen LogP contribution in [0.15, 0.2) is 0 Å². The molecule has 0 aromatic carbocycles. The van der Waals surface area contributed by atoms with Crippen molar-refractivity contribution in [2.75, 3.05) is 0 Å². The number of rotatable bonds is 4. The van der Waals surface area contributed by atoms with E-state index in [9.17, 15) is 4.79 Å². The summed E-state index contributed by atoms with van der Waals surface area (Å²) in [5, 5.41) is 3.11. The minimum atomic E-state index is 0.0595. The highest BCUT2D eigenvalue weighted by molar-refractivity contribution is 7.18. The summed E-state index contributed by atoms with van der Waals surface area (Å²) in [6.45, 7) is 6.40. The van der Waals surface area contributed by atoms with Gasteiger partial charge in [-0.1, -0.05) is 40.0 Å². The highest BCUT2D eigenvalue weighted by atomic mass is 31.0. The van der Waals surface area contributed by atoms with Gasteiger partial charge in [-0.05, 0) is 30.0 Å². The van der Waals surface area contributed by atoms with E-state index in [4.69, 9.17) is 0 Å². The SMILES string of the molecule is CC(C)(C)C(C=P)NC(=O)CC1CCCCC1. The van der Waals surface area contributed by atoms with Crippen LogP contribution in [-0.4, -0.2) is 17.7 Å². The van der Waals surface area contributed by atoms with E-state index in [2.05, 4.69) is 35.0 Å². The fourth-order valence-corrected chi connectivity index (χ4v) is 2.98. The van der Waals surface area contributed by atoms with Gasteiger partial charge >= 0.3 is 0 Å². The van der Waals surface area contributed by atoms with Gasteiger partial charge in [0.15, 0.2) is 0 Å². The summed E-state index contributed by atoms with van der Waals surface area (Å²) in [6, 6.07) is 0.0928. The molecule has 0 bridgehead atoms. The van der Waals surface area contributed by atoms with Gasteiger partial charge in [-0.3, -0.25) is 4.79 Å². The maximum Gasteiger partial charge on any atom is 0.220 e. The molecule has 1 aliphatic carbocycles. The van der Waals surface area contributed by atoms with Crippen LogP contribution in [-0.2, 0) is 4.79 Å². The third-order valence-corrected chi connectivity index (χ3v) is 3.95. The van der Waals surface area contributed by atoms with Crippen LogP contribution in [0.25, 0.3) is 0 Å². The summed E-state index contributed by atoms with van der Waals surface area (Å²) in [5.74, 6) is 2.71. The van der Waals surface area contributed by atoms with Crippen LogP contribution < -0.4 is 5.32 Å².